The van der Waals surface area contributed by atoms with E-state index in [4.69, 9.17) is 26.2 Å². The number of aromatic nitrogens is 2. The van der Waals surface area contributed by atoms with Gasteiger partial charge in [0.15, 0.2) is 11.9 Å². The van der Waals surface area contributed by atoms with Crippen molar-refractivity contribution in [2.24, 2.45) is 0 Å². The summed E-state index contributed by atoms with van der Waals surface area (Å²) in [7, 11) is 1.54. The molecule has 0 saturated heterocycles. The topological polar surface area (TPSA) is 90.7 Å². The van der Waals surface area contributed by atoms with E-state index in [-0.39, 0.29) is 5.78 Å². The maximum absolute atomic E-state index is 13.5. The fourth-order valence-electron chi connectivity index (χ4n) is 3.81. The van der Waals surface area contributed by atoms with Crippen LogP contribution in [0.4, 0.5) is 0 Å². The third kappa shape index (κ3) is 4.61. The van der Waals surface area contributed by atoms with Crippen LogP contribution in [0.5, 0.6) is 11.6 Å². The first-order valence-electron chi connectivity index (χ1n) is 10.6. The van der Waals surface area contributed by atoms with Crippen molar-refractivity contribution in [3.05, 3.63) is 88.1 Å². The van der Waals surface area contributed by atoms with Crippen molar-refractivity contribution in [3.8, 4) is 11.6 Å². The number of pyridine rings is 1. The van der Waals surface area contributed by atoms with Crippen LogP contribution in [0.2, 0.25) is 5.02 Å². The summed E-state index contributed by atoms with van der Waals surface area (Å²) in [6.07, 6.45) is -0.973. The highest BCUT2D eigenvalue weighted by Gasteiger charge is 2.23. The Kier molecular flexibility index (Phi) is 6.56. The molecule has 0 unspecified atom stereocenters. The van der Waals surface area contributed by atoms with E-state index < -0.39 is 12.1 Å². The first-order chi connectivity index (χ1) is 16.3. The molecule has 4 aromatic rings. The zero-order valence-electron chi connectivity index (χ0n) is 18.9. The number of methoxy groups -OCH3 is 1. The number of hydrogen-bond acceptors (Lipinski definition) is 5. The van der Waals surface area contributed by atoms with Crippen LogP contribution in [0.3, 0.4) is 0 Å². The summed E-state index contributed by atoms with van der Waals surface area (Å²) >= 11 is 6.00. The van der Waals surface area contributed by atoms with Crippen LogP contribution in [-0.2, 0) is 11.3 Å². The largest absolute Gasteiger partial charge is 0.481 e. The lowest BCUT2D eigenvalue weighted by molar-refractivity contribution is -0.144. The van der Waals surface area contributed by atoms with Gasteiger partial charge in [0, 0.05) is 34.3 Å². The van der Waals surface area contributed by atoms with Gasteiger partial charge >= 0.3 is 5.97 Å². The highest BCUT2D eigenvalue weighted by Crippen LogP contribution is 2.30. The normalized spacial score (nSPS) is 11.9. The molecule has 1 atom stereocenters. The average molecular weight is 479 g/mol. The number of carbonyl (C=O) groups excluding carboxylic acids is 1. The van der Waals surface area contributed by atoms with Gasteiger partial charge in [-0.25, -0.2) is 4.79 Å². The summed E-state index contributed by atoms with van der Waals surface area (Å²) in [4.78, 5) is 29.2. The fourth-order valence-corrected chi connectivity index (χ4v) is 3.94. The minimum Gasteiger partial charge on any atom is -0.481 e. The van der Waals surface area contributed by atoms with Crippen LogP contribution in [0.25, 0.3) is 11.0 Å². The molecule has 0 bridgehead atoms. The Labute approximate surface area is 201 Å². The molecule has 0 radical (unpaired) electrons. The van der Waals surface area contributed by atoms with Crippen LogP contribution < -0.4 is 9.47 Å². The molecule has 0 saturated carbocycles. The van der Waals surface area contributed by atoms with Crippen LogP contribution in [0, 0.1) is 6.92 Å². The molecule has 174 valence electrons. The zero-order valence-corrected chi connectivity index (χ0v) is 19.7. The number of benzene rings is 2. The summed E-state index contributed by atoms with van der Waals surface area (Å²) < 4.78 is 12.8. The Hall–Kier alpha value is -3.84. The van der Waals surface area contributed by atoms with E-state index in [0.717, 1.165) is 11.3 Å². The maximum Gasteiger partial charge on any atom is 0.344 e. The second-order valence-corrected chi connectivity index (χ2v) is 8.29. The van der Waals surface area contributed by atoms with Gasteiger partial charge in [-0.05, 0) is 61.9 Å². The molecule has 4 rings (SSSR count). The number of nitrogens with zero attached hydrogens (tertiary/aromatic N) is 2. The van der Waals surface area contributed by atoms with E-state index in [1.807, 2.05) is 23.6 Å². The fraction of sp³-hybridized carbons (Fsp3) is 0.192. The van der Waals surface area contributed by atoms with Crippen molar-refractivity contribution < 1.29 is 24.2 Å². The predicted octanol–water partition coefficient (Wildman–Crippen LogP) is 5.14. The molecule has 2 aromatic heterocycles. The van der Waals surface area contributed by atoms with Crippen molar-refractivity contribution >= 4 is 34.4 Å². The number of fused-ring (bicyclic) bond motifs is 1. The number of halogens is 1. The number of aliphatic carboxylic acids is 1. The van der Waals surface area contributed by atoms with Gasteiger partial charge in [-0.3, -0.25) is 4.79 Å². The van der Waals surface area contributed by atoms with E-state index in [1.165, 1.54) is 6.92 Å². The van der Waals surface area contributed by atoms with Gasteiger partial charge in [0.2, 0.25) is 5.88 Å². The van der Waals surface area contributed by atoms with Crippen LogP contribution in [0.1, 0.15) is 34.1 Å². The predicted molar refractivity (Wildman–Crippen MR) is 129 cm³/mol. The summed E-state index contributed by atoms with van der Waals surface area (Å²) in [6.45, 7) is 3.75. The molecule has 8 heteroatoms. The van der Waals surface area contributed by atoms with Crippen molar-refractivity contribution in [3.63, 3.8) is 0 Å². The van der Waals surface area contributed by atoms with Gasteiger partial charge in [0.05, 0.1) is 12.7 Å². The second-order valence-electron chi connectivity index (χ2n) is 7.85. The molecule has 2 heterocycles. The smallest absolute Gasteiger partial charge is 0.344 e. The van der Waals surface area contributed by atoms with Gasteiger partial charge in [0.1, 0.15) is 11.4 Å². The van der Waals surface area contributed by atoms with Gasteiger partial charge in [0.25, 0.3) is 0 Å². The Bertz CT molecular complexity index is 1380. The Morgan fingerprint density at radius 3 is 2.53 bits per heavy atom. The Morgan fingerprint density at radius 1 is 1.12 bits per heavy atom. The minimum absolute atomic E-state index is 0.128. The lowest BCUT2D eigenvalue weighted by Gasteiger charge is -2.13. The van der Waals surface area contributed by atoms with Crippen molar-refractivity contribution in [2.75, 3.05) is 7.11 Å². The number of rotatable bonds is 8. The molecule has 1 N–H and O–H groups in total. The third-order valence-corrected chi connectivity index (χ3v) is 5.84. The van der Waals surface area contributed by atoms with Crippen LogP contribution in [0.15, 0.2) is 60.7 Å². The first kappa shape index (κ1) is 23.3. The van der Waals surface area contributed by atoms with Crippen LogP contribution >= 0.6 is 11.6 Å². The molecule has 0 aliphatic heterocycles. The second kappa shape index (κ2) is 9.57. The number of carbonyl (C=O) groups is 2. The van der Waals surface area contributed by atoms with Crippen molar-refractivity contribution in [2.45, 2.75) is 26.5 Å². The number of carboxylic acids is 1. The molecule has 0 aliphatic rings. The van der Waals surface area contributed by atoms with E-state index >= 15 is 0 Å². The SMILES string of the molecule is COc1ccc2c(C(=O)c3ccc(Cl)cc3)c(C)n(Cc3cccc(O[C@H](C)C(=O)O)c3)c2n1. The van der Waals surface area contributed by atoms with Gasteiger partial charge in [-0.15, -0.1) is 0 Å². The highest BCUT2D eigenvalue weighted by atomic mass is 35.5. The molecule has 7 nitrogen and oxygen atoms in total. The zero-order chi connectivity index (χ0) is 24.4. The van der Waals surface area contributed by atoms with E-state index in [1.54, 1.807) is 55.6 Å². The third-order valence-electron chi connectivity index (χ3n) is 5.58. The molecular weight excluding hydrogens is 456 g/mol. The monoisotopic (exact) mass is 478 g/mol. The lowest BCUT2D eigenvalue weighted by Crippen LogP contribution is -2.22. The van der Waals surface area contributed by atoms with Gasteiger partial charge in [-0.2, -0.15) is 4.98 Å². The molecule has 0 amide bonds. The Balaban J connectivity index is 1.79. The average Bonchev–Trinajstić information content (AvgIpc) is 3.09. The van der Waals surface area contributed by atoms with Crippen molar-refractivity contribution in [1.82, 2.24) is 9.55 Å². The van der Waals surface area contributed by atoms with Gasteiger partial charge < -0.3 is 19.1 Å². The summed E-state index contributed by atoms with van der Waals surface area (Å²) in [6, 6.07) is 17.5. The quantitative estimate of drug-likeness (QED) is 0.353. The number of ether oxygens (including phenoxy) is 2. The molecule has 0 aliphatic carbocycles. The van der Waals surface area contributed by atoms with E-state index in [9.17, 15) is 9.59 Å². The molecular formula is C26H23ClN2O5. The Morgan fingerprint density at radius 2 is 1.85 bits per heavy atom. The maximum atomic E-state index is 13.5. The standard InChI is InChI=1S/C26H23ClN2O5/c1-15-23(24(30)18-7-9-19(27)10-8-18)21-11-12-22(33-3)28-25(21)29(15)14-17-5-4-6-20(13-17)34-16(2)26(31)32/h4-13,16H,14H2,1-3H3,(H,31,32)/t16-/m1/s1. The number of ketones is 1. The number of carboxylic acid groups (broad SMARTS) is 1. The number of hydrogen-bond donors (Lipinski definition) is 1. The molecule has 34 heavy (non-hydrogen) atoms. The molecule has 0 fully saturated rings. The lowest BCUT2D eigenvalue weighted by atomic mass is 10.0. The summed E-state index contributed by atoms with van der Waals surface area (Å²) in [5.74, 6) is -0.287. The minimum atomic E-state index is -1.04. The molecule has 0 spiro atoms. The van der Waals surface area contributed by atoms with E-state index in [0.29, 0.717) is 45.4 Å². The highest BCUT2D eigenvalue weighted by molar-refractivity contribution is 6.30. The summed E-state index contributed by atoms with van der Waals surface area (Å²) in [5.41, 5.74) is 3.31. The molecule has 2 aromatic carbocycles. The van der Waals surface area contributed by atoms with Crippen molar-refractivity contribution in [1.29, 1.82) is 0 Å². The van der Waals surface area contributed by atoms with Gasteiger partial charge in [-0.1, -0.05) is 23.7 Å². The first-order valence-corrected chi connectivity index (χ1v) is 11.0. The van der Waals surface area contributed by atoms with Crippen LogP contribution in [-0.4, -0.2) is 39.6 Å². The summed E-state index contributed by atoms with van der Waals surface area (Å²) in [5, 5.41) is 10.4. The van der Waals surface area contributed by atoms with E-state index in [2.05, 4.69) is 4.98 Å².